The normalized spacial score (nSPS) is 11.6. The van der Waals surface area contributed by atoms with Gasteiger partial charge in [0, 0.05) is 28.4 Å². The minimum absolute atomic E-state index is 0.316. The largest absolute Gasteiger partial charge is 0.318 e. The second-order valence-electron chi connectivity index (χ2n) is 5.33. The molecule has 5 nitrogen and oxygen atoms in total. The summed E-state index contributed by atoms with van der Waals surface area (Å²) in [6, 6.07) is 14.3. The Kier molecular flexibility index (Phi) is 6.26. The Labute approximate surface area is 143 Å². The van der Waals surface area contributed by atoms with Crippen LogP contribution >= 0.6 is 0 Å². The zero-order valence-electron chi connectivity index (χ0n) is 13.7. The highest BCUT2D eigenvalue weighted by molar-refractivity contribution is 7.83. The fourth-order valence-corrected chi connectivity index (χ4v) is 2.87. The molecule has 126 valence electrons. The molecule has 2 aromatic carbocycles. The molecule has 0 spiro atoms. The van der Waals surface area contributed by atoms with Crippen molar-refractivity contribution in [1.82, 2.24) is 0 Å². The summed E-state index contributed by atoms with van der Waals surface area (Å²) < 4.78 is 11.4. The molecular formula is C18H20N2O3S. The summed E-state index contributed by atoms with van der Waals surface area (Å²) in [7, 11) is -1.04. The average Bonchev–Trinajstić information content (AvgIpc) is 2.56. The summed E-state index contributed by atoms with van der Waals surface area (Å²) in [5.74, 6) is -1.19. The minimum Gasteiger partial charge on any atom is -0.318 e. The molecule has 24 heavy (non-hydrogen) atoms. The number of amides is 2. The van der Waals surface area contributed by atoms with Crippen LogP contribution in [0.4, 0.5) is 11.4 Å². The first-order valence-electron chi connectivity index (χ1n) is 7.58. The van der Waals surface area contributed by atoms with Crippen LogP contribution in [0.15, 0.2) is 48.5 Å². The van der Waals surface area contributed by atoms with E-state index in [1.165, 1.54) is 0 Å². The Hall–Kier alpha value is -2.47. The number of para-hydroxylation sites is 1. The Morgan fingerprint density at radius 1 is 0.958 bits per heavy atom. The number of anilines is 2. The van der Waals surface area contributed by atoms with Gasteiger partial charge in [-0.1, -0.05) is 37.3 Å². The molecule has 6 heteroatoms. The third-order valence-electron chi connectivity index (χ3n) is 3.45. The van der Waals surface area contributed by atoms with E-state index < -0.39 is 22.6 Å². The van der Waals surface area contributed by atoms with E-state index in [4.69, 9.17) is 0 Å². The first kappa shape index (κ1) is 17.9. The van der Waals surface area contributed by atoms with E-state index in [1.54, 1.807) is 42.7 Å². The molecule has 2 rings (SSSR count). The van der Waals surface area contributed by atoms with Crippen LogP contribution in [-0.4, -0.2) is 22.3 Å². The SMILES string of the molecule is CCc1ccc(NC(=O)C(=O)Nc2ccccc2C[S@@](C)=O)cc1. The molecule has 0 heterocycles. The van der Waals surface area contributed by atoms with Crippen LogP contribution in [0.3, 0.4) is 0 Å². The monoisotopic (exact) mass is 344 g/mol. The Bertz CT molecular complexity index is 757. The van der Waals surface area contributed by atoms with Gasteiger partial charge in [0.15, 0.2) is 0 Å². The summed E-state index contributed by atoms with van der Waals surface area (Å²) in [5.41, 5.74) is 2.94. The maximum Gasteiger partial charge on any atom is 0.314 e. The predicted molar refractivity (Wildman–Crippen MR) is 97.3 cm³/mol. The van der Waals surface area contributed by atoms with Gasteiger partial charge in [-0.15, -0.1) is 0 Å². The molecule has 1 atom stereocenters. The quantitative estimate of drug-likeness (QED) is 0.819. The highest BCUT2D eigenvalue weighted by atomic mass is 32.2. The van der Waals surface area contributed by atoms with Gasteiger partial charge in [-0.2, -0.15) is 0 Å². The molecule has 0 aliphatic carbocycles. The van der Waals surface area contributed by atoms with Crippen LogP contribution < -0.4 is 10.6 Å². The molecule has 0 aromatic heterocycles. The van der Waals surface area contributed by atoms with E-state index >= 15 is 0 Å². The Balaban J connectivity index is 2.03. The first-order valence-corrected chi connectivity index (χ1v) is 9.31. The number of nitrogens with one attached hydrogen (secondary N) is 2. The highest BCUT2D eigenvalue weighted by Gasteiger charge is 2.15. The van der Waals surface area contributed by atoms with Crippen molar-refractivity contribution in [3.05, 3.63) is 59.7 Å². The molecule has 2 N–H and O–H groups in total. The van der Waals surface area contributed by atoms with E-state index in [9.17, 15) is 13.8 Å². The molecule has 0 unspecified atom stereocenters. The molecule has 0 saturated heterocycles. The van der Waals surface area contributed by atoms with Gasteiger partial charge in [0.2, 0.25) is 0 Å². The van der Waals surface area contributed by atoms with Crippen molar-refractivity contribution in [2.75, 3.05) is 16.9 Å². The minimum atomic E-state index is -1.04. The fraction of sp³-hybridized carbons (Fsp3) is 0.222. The number of rotatable bonds is 5. The number of hydrogen-bond donors (Lipinski definition) is 2. The number of benzene rings is 2. The van der Waals surface area contributed by atoms with E-state index in [1.807, 2.05) is 19.1 Å². The van der Waals surface area contributed by atoms with Gasteiger partial charge in [0.1, 0.15) is 0 Å². The highest BCUT2D eigenvalue weighted by Crippen LogP contribution is 2.17. The molecule has 2 amide bonds. The summed E-state index contributed by atoms with van der Waals surface area (Å²) in [4.78, 5) is 24.1. The Morgan fingerprint density at radius 3 is 2.21 bits per heavy atom. The maximum atomic E-state index is 12.1. The standard InChI is InChI=1S/C18H20N2O3S/c1-3-13-8-10-15(11-9-13)19-17(21)18(22)20-16-7-5-4-6-14(16)12-24(2)23/h4-11H,3,12H2,1-2H3,(H,19,21)(H,20,22)/t24-/m1/s1. The number of carbonyl (C=O) groups is 2. The van der Waals surface area contributed by atoms with Gasteiger partial charge in [-0.25, -0.2) is 0 Å². The van der Waals surface area contributed by atoms with Crippen LogP contribution in [0.2, 0.25) is 0 Å². The van der Waals surface area contributed by atoms with Gasteiger partial charge < -0.3 is 10.6 Å². The molecule has 0 fully saturated rings. The molecule has 0 bridgehead atoms. The van der Waals surface area contributed by atoms with Gasteiger partial charge in [-0.3, -0.25) is 13.8 Å². The summed E-state index contributed by atoms with van der Waals surface area (Å²) in [6.45, 7) is 2.04. The van der Waals surface area contributed by atoms with Crippen molar-refractivity contribution in [3.63, 3.8) is 0 Å². The van der Waals surface area contributed by atoms with E-state index in [-0.39, 0.29) is 0 Å². The third-order valence-corrected chi connectivity index (χ3v) is 4.17. The summed E-state index contributed by atoms with van der Waals surface area (Å²) in [6.07, 6.45) is 2.50. The molecular weight excluding hydrogens is 324 g/mol. The molecule has 0 saturated carbocycles. The van der Waals surface area contributed by atoms with Crippen molar-refractivity contribution in [2.24, 2.45) is 0 Å². The van der Waals surface area contributed by atoms with Crippen LogP contribution in [0.5, 0.6) is 0 Å². The maximum absolute atomic E-state index is 12.1. The van der Waals surface area contributed by atoms with Crippen LogP contribution in [0.1, 0.15) is 18.1 Å². The lowest BCUT2D eigenvalue weighted by molar-refractivity contribution is -0.133. The van der Waals surface area contributed by atoms with E-state index in [0.717, 1.165) is 17.5 Å². The first-order chi connectivity index (χ1) is 11.5. The lowest BCUT2D eigenvalue weighted by atomic mass is 10.1. The third kappa shape index (κ3) is 5.03. The van der Waals surface area contributed by atoms with Crippen molar-refractivity contribution in [3.8, 4) is 0 Å². The predicted octanol–water partition coefficient (Wildman–Crippen LogP) is 2.70. The van der Waals surface area contributed by atoms with Crippen LogP contribution in [0, 0.1) is 0 Å². The van der Waals surface area contributed by atoms with Crippen molar-refractivity contribution in [2.45, 2.75) is 19.1 Å². The summed E-state index contributed by atoms with van der Waals surface area (Å²) in [5, 5.41) is 5.14. The topological polar surface area (TPSA) is 75.3 Å². The fourth-order valence-electron chi connectivity index (χ4n) is 2.18. The zero-order valence-corrected chi connectivity index (χ0v) is 14.5. The number of hydrogen-bond acceptors (Lipinski definition) is 3. The smallest absolute Gasteiger partial charge is 0.314 e. The van der Waals surface area contributed by atoms with Gasteiger partial charge in [0.05, 0.1) is 5.75 Å². The van der Waals surface area contributed by atoms with Gasteiger partial charge in [0.25, 0.3) is 0 Å². The molecule has 2 aromatic rings. The van der Waals surface area contributed by atoms with Crippen molar-refractivity contribution >= 4 is 34.0 Å². The second kappa shape index (κ2) is 8.40. The molecule has 0 aliphatic heterocycles. The summed E-state index contributed by atoms with van der Waals surface area (Å²) >= 11 is 0. The number of carbonyl (C=O) groups excluding carboxylic acids is 2. The second-order valence-corrected chi connectivity index (χ2v) is 6.77. The van der Waals surface area contributed by atoms with Crippen LogP contribution in [0.25, 0.3) is 0 Å². The Morgan fingerprint density at radius 2 is 1.58 bits per heavy atom. The van der Waals surface area contributed by atoms with Gasteiger partial charge in [-0.05, 0) is 35.7 Å². The average molecular weight is 344 g/mol. The lowest BCUT2D eigenvalue weighted by Crippen LogP contribution is -2.29. The lowest BCUT2D eigenvalue weighted by Gasteiger charge is -2.10. The zero-order chi connectivity index (χ0) is 17.5. The van der Waals surface area contributed by atoms with E-state index in [2.05, 4.69) is 10.6 Å². The number of aryl methyl sites for hydroxylation is 1. The molecule has 0 radical (unpaired) electrons. The van der Waals surface area contributed by atoms with Crippen molar-refractivity contribution < 1.29 is 13.8 Å². The molecule has 0 aliphatic rings. The van der Waals surface area contributed by atoms with Gasteiger partial charge >= 0.3 is 11.8 Å². The van der Waals surface area contributed by atoms with Crippen LogP contribution in [-0.2, 0) is 32.6 Å². The van der Waals surface area contributed by atoms with E-state index in [0.29, 0.717) is 17.1 Å². The van der Waals surface area contributed by atoms with Crippen molar-refractivity contribution in [1.29, 1.82) is 0 Å².